The molecule has 1 saturated carbocycles. The first-order valence-electron chi connectivity index (χ1n) is 4.31. The third-order valence-electron chi connectivity index (χ3n) is 3.65. The molecule has 3 rings (SSSR count). The molecule has 1 heteroatoms. The van der Waals surface area contributed by atoms with Crippen LogP contribution in [-0.2, 0) is 4.79 Å². The standard InChI is InChI=1S/C10H14O/c1-10(2)8-4-3-7(6-11)9(10)5-8/h3,6,8-9H,4-5H2,1-2H3/t8-,9+/m1/s1. The van der Waals surface area contributed by atoms with Crippen LogP contribution in [0.2, 0.25) is 0 Å². The van der Waals surface area contributed by atoms with Crippen LogP contribution in [0.25, 0.3) is 0 Å². The van der Waals surface area contributed by atoms with Crippen molar-refractivity contribution in [3.63, 3.8) is 0 Å². The van der Waals surface area contributed by atoms with E-state index in [1.165, 1.54) is 6.42 Å². The summed E-state index contributed by atoms with van der Waals surface area (Å²) in [4.78, 5) is 10.6. The molecule has 1 fully saturated rings. The van der Waals surface area contributed by atoms with Gasteiger partial charge in [-0.15, -0.1) is 0 Å². The summed E-state index contributed by atoms with van der Waals surface area (Å²) in [5, 5.41) is 0. The normalized spacial score (nSPS) is 38.9. The summed E-state index contributed by atoms with van der Waals surface area (Å²) in [5.74, 6) is 1.41. The summed E-state index contributed by atoms with van der Waals surface area (Å²) in [6, 6.07) is 0. The van der Waals surface area contributed by atoms with E-state index in [9.17, 15) is 4.79 Å². The molecule has 0 N–H and O–H groups in total. The molecular weight excluding hydrogens is 136 g/mol. The van der Waals surface area contributed by atoms with E-state index in [1.807, 2.05) is 0 Å². The van der Waals surface area contributed by atoms with Crippen molar-refractivity contribution in [1.82, 2.24) is 0 Å². The molecule has 0 spiro atoms. The number of carbonyl (C=O) groups excluding carboxylic acids is 1. The van der Waals surface area contributed by atoms with Crippen molar-refractivity contribution in [1.29, 1.82) is 0 Å². The summed E-state index contributed by atoms with van der Waals surface area (Å²) in [6.07, 6.45) is 5.54. The number of rotatable bonds is 1. The van der Waals surface area contributed by atoms with E-state index in [1.54, 1.807) is 0 Å². The van der Waals surface area contributed by atoms with Crippen LogP contribution >= 0.6 is 0 Å². The molecular formula is C10H14O. The number of carbonyl (C=O) groups is 1. The second-order valence-electron chi connectivity index (χ2n) is 4.36. The molecule has 2 atom stereocenters. The topological polar surface area (TPSA) is 17.1 Å². The van der Waals surface area contributed by atoms with E-state index >= 15 is 0 Å². The molecule has 0 aromatic carbocycles. The molecule has 0 radical (unpaired) electrons. The predicted octanol–water partition coefficient (Wildman–Crippen LogP) is 2.18. The van der Waals surface area contributed by atoms with Crippen LogP contribution < -0.4 is 0 Å². The predicted molar refractivity (Wildman–Crippen MR) is 44.1 cm³/mol. The minimum Gasteiger partial charge on any atom is -0.298 e. The highest BCUT2D eigenvalue weighted by Crippen LogP contribution is 2.58. The minimum absolute atomic E-state index is 0.408. The first-order valence-corrected chi connectivity index (χ1v) is 4.31. The van der Waals surface area contributed by atoms with Gasteiger partial charge in [-0.25, -0.2) is 0 Å². The number of hydrogen-bond acceptors (Lipinski definition) is 1. The molecule has 11 heavy (non-hydrogen) atoms. The Kier molecular flexibility index (Phi) is 1.26. The van der Waals surface area contributed by atoms with E-state index in [0.29, 0.717) is 11.3 Å². The van der Waals surface area contributed by atoms with Gasteiger partial charge in [0.05, 0.1) is 0 Å². The SMILES string of the molecule is CC1(C)[C@@H]2CC=C(C=O)[C@@H]1C2. The number of hydrogen-bond donors (Lipinski definition) is 0. The lowest BCUT2D eigenvalue weighted by Crippen LogP contribution is -2.48. The fourth-order valence-electron chi connectivity index (χ4n) is 2.53. The van der Waals surface area contributed by atoms with Crippen LogP contribution in [0.1, 0.15) is 26.7 Å². The van der Waals surface area contributed by atoms with Crippen LogP contribution in [0.15, 0.2) is 11.6 Å². The largest absolute Gasteiger partial charge is 0.298 e. The first-order chi connectivity index (χ1) is 5.16. The molecule has 60 valence electrons. The van der Waals surface area contributed by atoms with Gasteiger partial charge in [0.25, 0.3) is 0 Å². The third-order valence-corrected chi connectivity index (χ3v) is 3.65. The van der Waals surface area contributed by atoms with E-state index in [2.05, 4.69) is 19.9 Å². The molecule has 0 heterocycles. The van der Waals surface area contributed by atoms with E-state index in [0.717, 1.165) is 24.2 Å². The van der Waals surface area contributed by atoms with Gasteiger partial charge in [-0.05, 0) is 35.7 Å². The maximum absolute atomic E-state index is 10.6. The molecule has 0 unspecified atom stereocenters. The van der Waals surface area contributed by atoms with Gasteiger partial charge in [-0.3, -0.25) is 4.79 Å². The summed E-state index contributed by atoms with van der Waals surface area (Å²) in [6.45, 7) is 4.56. The molecule has 3 aliphatic rings. The Morgan fingerprint density at radius 2 is 2.36 bits per heavy atom. The number of fused-ring (bicyclic) bond motifs is 1. The molecule has 1 nitrogen and oxygen atoms in total. The monoisotopic (exact) mass is 150 g/mol. The quantitative estimate of drug-likeness (QED) is 0.523. The first kappa shape index (κ1) is 7.08. The zero-order chi connectivity index (χ0) is 8.06. The van der Waals surface area contributed by atoms with E-state index in [4.69, 9.17) is 0 Å². The minimum atomic E-state index is 0.408. The molecule has 3 aliphatic carbocycles. The van der Waals surface area contributed by atoms with Gasteiger partial charge >= 0.3 is 0 Å². The highest BCUT2D eigenvalue weighted by Gasteiger charge is 2.50. The smallest absolute Gasteiger partial charge is 0.146 e. The summed E-state index contributed by atoms with van der Waals surface area (Å²) < 4.78 is 0. The van der Waals surface area contributed by atoms with Crippen molar-refractivity contribution >= 4 is 6.29 Å². The Morgan fingerprint density at radius 1 is 1.64 bits per heavy atom. The van der Waals surface area contributed by atoms with Crippen molar-refractivity contribution in [2.24, 2.45) is 17.3 Å². The lowest BCUT2D eigenvalue weighted by atomic mass is 9.49. The number of aldehydes is 1. The van der Waals surface area contributed by atoms with E-state index in [-0.39, 0.29) is 0 Å². The van der Waals surface area contributed by atoms with Gasteiger partial charge < -0.3 is 0 Å². The lowest BCUT2D eigenvalue weighted by molar-refractivity contribution is -0.108. The van der Waals surface area contributed by atoms with Gasteiger partial charge in [0.2, 0.25) is 0 Å². The molecule has 0 saturated heterocycles. The van der Waals surface area contributed by atoms with Crippen molar-refractivity contribution in [3.05, 3.63) is 11.6 Å². The maximum atomic E-state index is 10.6. The lowest BCUT2D eigenvalue weighted by Gasteiger charge is -2.55. The van der Waals surface area contributed by atoms with Crippen molar-refractivity contribution < 1.29 is 4.79 Å². The molecule has 2 bridgehead atoms. The second kappa shape index (κ2) is 1.96. The van der Waals surface area contributed by atoms with Gasteiger partial charge in [-0.2, -0.15) is 0 Å². The molecule has 0 aliphatic heterocycles. The van der Waals surface area contributed by atoms with Crippen molar-refractivity contribution in [2.45, 2.75) is 26.7 Å². The number of allylic oxidation sites excluding steroid dienone is 2. The Morgan fingerprint density at radius 3 is 2.73 bits per heavy atom. The van der Waals surface area contributed by atoms with Crippen LogP contribution in [0.4, 0.5) is 0 Å². The zero-order valence-electron chi connectivity index (χ0n) is 7.13. The highest BCUT2D eigenvalue weighted by atomic mass is 16.1. The fourth-order valence-corrected chi connectivity index (χ4v) is 2.53. The Bertz CT molecular complexity index is 225. The fraction of sp³-hybridized carbons (Fsp3) is 0.700. The summed E-state index contributed by atoms with van der Waals surface area (Å²) in [7, 11) is 0. The molecule has 0 aromatic rings. The Hall–Kier alpha value is -0.590. The molecule has 0 aromatic heterocycles. The molecule has 0 amide bonds. The van der Waals surface area contributed by atoms with Crippen LogP contribution in [-0.4, -0.2) is 6.29 Å². The van der Waals surface area contributed by atoms with Crippen molar-refractivity contribution in [2.75, 3.05) is 0 Å². The van der Waals surface area contributed by atoms with Crippen LogP contribution in [0.5, 0.6) is 0 Å². The Labute approximate surface area is 67.5 Å². The van der Waals surface area contributed by atoms with Crippen LogP contribution in [0.3, 0.4) is 0 Å². The maximum Gasteiger partial charge on any atom is 0.146 e. The Balaban J connectivity index is 2.30. The van der Waals surface area contributed by atoms with Crippen molar-refractivity contribution in [3.8, 4) is 0 Å². The van der Waals surface area contributed by atoms with Gasteiger partial charge in [0, 0.05) is 0 Å². The third kappa shape index (κ3) is 0.741. The van der Waals surface area contributed by atoms with Crippen LogP contribution in [0, 0.1) is 17.3 Å². The average molecular weight is 150 g/mol. The highest BCUT2D eigenvalue weighted by molar-refractivity contribution is 5.75. The summed E-state index contributed by atoms with van der Waals surface area (Å²) in [5.41, 5.74) is 1.46. The van der Waals surface area contributed by atoms with E-state index < -0.39 is 0 Å². The van der Waals surface area contributed by atoms with Gasteiger partial charge in [0.1, 0.15) is 6.29 Å². The zero-order valence-corrected chi connectivity index (χ0v) is 7.13. The van der Waals surface area contributed by atoms with Gasteiger partial charge in [-0.1, -0.05) is 19.9 Å². The summed E-state index contributed by atoms with van der Waals surface area (Å²) >= 11 is 0. The average Bonchev–Trinajstić information content (AvgIpc) is 2.04. The van der Waals surface area contributed by atoms with Gasteiger partial charge in [0.15, 0.2) is 0 Å². The second-order valence-corrected chi connectivity index (χ2v) is 4.36.